The molecule has 5 heterocycles. The van der Waals surface area contributed by atoms with E-state index in [1.54, 1.807) is 0 Å². The highest BCUT2D eigenvalue weighted by Gasteiger charge is 2.25. The summed E-state index contributed by atoms with van der Waals surface area (Å²) < 4.78 is 19.7. The third-order valence-corrected chi connectivity index (χ3v) is 13.7. The molecular formula is C61H35N5O3. The van der Waals surface area contributed by atoms with Gasteiger partial charge >= 0.3 is 0 Å². The molecular weight excluding hydrogens is 851 g/mol. The highest BCUT2D eigenvalue weighted by atomic mass is 16.4. The van der Waals surface area contributed by atoms with Gasteiger partial charge in [-0.1, -0.05) is 133 Å². The third-order valence-electron chi connectivity index (χ3n) is 13.7. The molecule has 0 N–H and O–H groups in total. The highest BCUT2D eigenvalue weighted by Crippen LogP contribution is 2.46. The Morgan fingerprint density at radius 1 is 0.304 bits per heavy atom. The molecule has 10 aromatic carbocycles. The number of hydrogen-bond donors (Lipinski definition) is 0. The quantitative estimate of drug-likeness (QED) is 0.153. The largest absolute Gasteiger partial charge is 0.456 e. The fourth-order valence-electron chi connectivity index (χ4n) is 10.6. The zero-order valence-electron chi connectivity index (χ0n) is 36.7. The van der Waals surface area contributed by atoms with Crippen LogP contribution in [0.4, 0.5) is 34.4 Å². The Morgan fingerprint density at radius 3 is 1.30 bits per heavy atom. The van der Waals surface area contributed by atoms with Crippen LogP contribution >= 0.6 is 0 Å². The number of pyridine rings is 1. The lowest BCUT2D eigenvalue weighted by atomic mass is 9.99. The number of anilines is 6. The number of fused-ring (bicyclic) bond motifs is 15. The standard InChI is InChI=1S/C61H35N5O3/c1-3-15-40-36(13-1)31-51(44-19-7-5-17-42(40)44)65(38-25-27-48-46-21-9-11-23-53(46)67-55(48)33-38)57-30-29-50-59-61(69-60(50)63-57)64-58(35-62-59)66(39-26-28-49-47-22-10-12-24-54(47)68-56(49)34-39)52-32-37-14-2-4-16-41(37)43-18-6-8-20-45(43)52/h1-35H. The van der Waals surface area contributed by atoms with Gasteiger partial charge in [-0.3, -0.25) is 9.80 Å². The maximum atomic E-state index is 6.74. The molecule has 0 saturated heterocycles. The van der Waals surface area contributed by atoms with Crippen molar-refractivity contribution in [3.8, 4) is 0 Å². The first kappa shape index (κ1) is 37.7. The Morgan fingerprint density at radius 2 is 0.739 bits per heavy atom. The summed E-state index contributed by atoms with van der Waals surface area (Å²) in [5, 5.41) is 14.0. The number of para-hydroxylation sites is 2. The maximum absolute atomic E-state index is 6.74. The van der Waals surface area contributed by atoms with E-state index in [9.17, 15) is 0 Å². The Labute approximate surface area is 392 Å². The minimum Gasteiger partial charge on any atom is -0.456 e. The maximum Gasteiger partial charge on any atom is 0.250 e. The highest BCUT2D eigenvalue weighted by molar-refractivity contribution is 6.17. The number of rotatable bonds is 6. The van der Waals surface area contributed by atoms with Gasteiger partial charge in [0.15, 0.2) is 5.82 Å². The molecule has 322 valence electrons. The number of furan rings is 3. The second-order valence-corrected chi connectivity index (χ2v) is 17.6. The van der Waals surface area contributed by atoms with E-state index in [-0.39, 0.29) is 0 Å². The van der Waals surface area contributed by atoms with Crippen molar-refractivity contribution >= 4 is 144 Å². The van der Waals surface area contributed by atoms with Crippen molar-refractivity contribution in [1.29, 1.82) is 0 Å². The molecule has 8 heteroatoms. The number of benzene rings is 10. The molecule has 5 aromatic heterocycles. The Kier molecular flexibility index (Phi) is 7.91. The van der Waals surface area contributed by atoms with Crippen LogP contribution in [0.5, 0.6) is 0 Å². The van der Waals surface area contributed by atoms with Gasteiger partial charge in [0.05, 0.1) is 34.3 Å². The smallest absolute Gasteiger partial charge is 0.250 e. The Balaban J connectivity index is 0.933. The van der Waals surface area contributed by atoms with Gasteiger partial charge in [-0.2, -0.15) is 9.97 Å². The molecule has 0 radical (unpaired) electrons. The minimum absolute atomic E-state index is 0.374. The van der Waals surface area contributed by atoms with Crippen LogP contribution in [0.25, 0.3) is 109 Å². The summed E-state index contributed by atoms with van der Waals surface area (Å²) in [6.07, 6.45) is 1.83. The third kappa shape index (κ3) is 5.72. The molecule has 0 amide bonds. The second-order valence-electron chi connectivity index (χ2n) is 17.6. The molecule has 0 spiro atoms. The van der Waals surface area contributed by atoms with Crippen LogP contribution in [0.1, 0.15) is 0 Å². The van der Waals surface area contributed by atoms with Crippen molar-refractivity contribution in [2.45, 2.75) is 0 Å². The molecule has 15 aromatic rings. The van der Waals surface area contributed by atoms with Crippen molar-refractivity contribution in [1.82, 2.24) is 15.0 Å². The number of hydrogen-bond acceptors (Lipinski definition) is 8. The first-order chi connectivity index (χ1) is 34.2. The second kappa shape index (κ2) is 14.5. The fourth-order valence-corrected chi connectivity index (χ4v) is 10.6. The predicted octanol–water partition coefficient (Wildman–Crippen LogP) is 17.1. The zero-order chi connectivity index (χ0) is 45.2. The van der Waals surface area contributed by atoms with Gasteiger partial charge in [0.25, 0.3) is 0 Å². The van der Waals surface area contributed by atoms with E-state index < -0.39 is 0 Å². The zero-order valence-corrected chi connectivity index (χ0v) is 36.7. The van der Waals surface area contributed by atoms with Crippen LogP contribution in [0.2, 0.25) is 0 Å². The minimum atomic E-state index is 0.374. The molecule has 69 heavy (non-hydrogen) atoms. The van der Waals surface area contributed by atoms with Crippen LogP contribution in [0.15, 0.2) is 226 Å². The first-order valence-electron chi connectivity index (χ1n) is 23.0. The molecule has 0 aliphatic rings. The Bertz CT molecular complexity index is 4320. The first-order valence-corrected chi connectivity index (χ1v) is 23.0. The lowest BCUT2D eigenvalue weighted by Crippen LogP contribution is -2.12. The van der Waals surface area contributed by atoms with Gasteiger partial charge in [-0.15, -0.1) is 0 Å². The van der Waals surface area contributed by atoms with E-state index in [0.29, 0.717) is 28.6 Å². The summed E-state index contributed by atoms with van der Waals surface area (Å²) in [6, 6.07) is 71.6. The van der Waals surface area contributed by atoms with Gasteiger partial charge in [0.2, 0.25) is 11.4 Å². The van der Waals surface area contributed by atoms with Crippen molar-refractivity contribution < 1.29 is 13.3 Å². The Hall–Kier alpha value is -9.53. The average Bonchev–Trinajstić information content (AvgIpc) is 4.09. The molecule has 0 saturated carbocycles. The molecule has 15 rings (SSSR count). The molecule has 0 aliphatic carbocycles. The summed E-state index contributed by atoms with van der Waals surface area (Å²) >= 11 is 0. The fraction of sp³-hybridized carbons (Fsp3) is 0. The summed E-state index contributed by atoms with van der Waals surface area (Å²) in [5.41, 5.74) is 8.35. The molecule has 0 atom stereocenters. The van der Waals surface area contributed by atoms with Gasteiger partial charge in [-0.25, -0.2) is 4.98 Å². The molecule has 0 unspecified atom stereocenters. The number of aromatic nitrogens is 3. The lowest BCUT2D eigenvalue weighted by Gasteiger charge is -2.26. The van der Waals surface area contributed by atoms with Gasteiger partial charge in [-0.05, 0) is 93.0 Å². The van der Waals surface area contributed by atoms with E-state index in [4.69, 9.17) is 28.2 Å². The predicted molar refractivity (Wildman–Crippen MR) is 281 cm³/mol. The van der Waals surface area contributed by atoms with Crippen molar-refractivity contribution in [3.05, 3.63) is 212 Å². The normalized spacial score (nSPS) is 12.1. The van der Waals surface area contributed by atoms with E-state index in [2.05, 4.69) is 168 Å². The van der Waals surface area contributed by atoms with E-state index in [0.717, 1.165) is 104 Å². The van der Waals surface area contributed by atoms with E-state index in [1.165, 1.54) is 10.8 Å². The number of nitrogens with zero attached hydrogens (tertiary/aromatic N) is 5. The molecule has 0 fully saturated rings. The monoisotopic (exact) mass is 885 g/mol. The van der Waals surface area contributed by atoms with E-state index >= 15 is 0 Å². The van der Waals surface area contributed by atoms with E-state index in [1.807, 2.05) is 54.7 Å². The topological polar surface area (TPSA) is 84.6 Å². The van der Waals surface area contributed by atoms with Gasteiger partial charge in [0.1, 0.15) is 33.7 Å². The van der Waals surface area contributed by atoms with Crippen LogP contribution in [-0.4, -0.2) is 15.0 Å². The van der Waals surface area contributed by atoms with Crippen LogP contribution in [-0.2, 0) is 0 Å². The molecule has 8 nitrogen and oxygen atoms in total. The summed E-state index contributed by atoms with van der Waals surface area (Å²) in [6.45, 7) is 0. The van der Waals surface area contributed by atoms with Crippen molar-refractivity contribution in [2.24, 2.45) is 0 Å². The summed E-state index contributed by atoms with van der Waals surface area (Å²) in [7, 11) is 0. The van der Waals surface area contributed by atoms with Gasteiger partial charge in [0, 0.05) is 44.5 Å². The van der Waals surface area contributed by atoms with Gasteiger partial charge < -0.3 is 13.3 Å². The van der Waals surface area contributed by atoms with Crippen LogP contribution in [0, 0.1) is 0 Å². The average molecular weight is 886 g/mol. The molecule has 0 aliphatic heterocycles. The van der Waals surface area contributed by atoms with Crippen LogP contribution < -0.4 is 9.80 Å². The molecule has 0 bridgehead atoms. The SMILES string of the molecule is c1ccc2c(c1)cc(N(c1ccc3c(c1)oc1ccccc13)c1ccc3c(n1)oc1nc(N(c4ccc5c(c4)oc4ccccc45)c4cc5ccccc5c5ccccc45)cnc13)c1ccccc12. The summed E-state index contributed by atoms with van der Waals surface area (Å²) in [4.78, 5) is 20.1. The lowest BCUT2D eigenvalue weighted by molar-refractivity contribution is 0.639. The van der Waals surface area contributed by atoms with Crippen molar-refractivity contribution in [2.75, 3.05) is 9.80 Å². The van der Waals surface area contributed by atoms with Crippen molar-refractivity contribution in [3.63, 3.8) is 0 Å². The summed E-state index contributed by atoms with van der Waals surface area (Å²) in [5.74, 6) is 1.25. The van der Waals surface area contributed by atoms with Crippen LogP contribution in [0.3, 0.4) is 0 Å².